The fourth-order valence-electron chi connectivity index (χ4n) is 1.07. The van der Waals surface area contributed by atoms with Gasteiger partial charge in [0.15, 0.2) is 0 Å². The van der Waals surface area contributed by atoms with Crippen LogP contribution in [0.3, 0.4) is 0 Å². The standard InChI is InChI=1S/C10H10F2O/c1-2-10(13)5-7-3-8(11)6-9(12)4-7/h3-4,6H,2,5H2,1H3. The molecule has 0 saturated heterocycles. The van der Waals surface area contributed by atoms with Gasteiger partial charge in [-0.1, -0.05) is 6.92 Å². The molecule has 0 N–H and O–H groups in total. The first kappa shape index (κ1) is 9.84. The maximum Gasteiger partial charge on any atom is 0.136 e. The second-order valence-corrected chi connectivity index (χ2v) is 2.85. The van der Waals surface area contributed by atoms with Crippen LogP contribution in [-0.4, -0.2) is 5.78 Å². The number of rotatable bonds is 3. The summed E-state index contributed by atoms with van der Waals surface area (Å²) < 4.78 is 25.3. The molecule has 0 aliphatic carbocycles. The molecule has 0 atom stereocenters. The Kier molecular flexibility index (Phi) is 3.12. The van der Waals surface area contributed by atoms with Gasteiger partial charge in [0, 0.05) is 18.9 Å². The monoisotopic (exact) mass is 184 g/mol. The zero-order chi connectivity index (χ0) is 9.84. The molecule has 1 aromatic rings. The minimum Gasteiger partial charge on any atom is -0.299 e. The highest BCUT2D eigenvalue weighted by Gasteiger charge is 2.04. The van der Waals surface area contributed by atoms with Crippen LogP contribution in [0.1, 0.15) is 18.9 Å². The van der Waals surface area contributed by atoms with Crippen molar-refractivity contribution in [2.24, 2.45) is 0 Å². The molecule has 0 bridgehead atoms. The average Bonchev–Trinajstić information content (AvgIpc) is 2.02. The lowest BCUT2D eigenvalue weighted by molar-refractivity contribution is -0.118. The Morgan fingerprint density at radius 1 is 1.23 bits per heavy atom. The van der Waals surface area contributed by atoms with E-state index in [0.29, 0.717) is 12.0 Å². The summed E-state index contributed by atoms with van der Waals surface area (Å²) in [5.74, 6) is -1.30. The molecule has 1 nitrogen and oxygen atoms in total. The third-order valence-electron chi connectivity index (χ3n) is 1.72. The Morgan fingerprint density at radius 3 is 2.23 bits per heavy atom. The maximum absolute atomic E-state index is 12.6. The van der Waals surface area contributed by atoms with Gasteiger partial charge in [-0.05, 0) is 17.7 Å². The van der Waals surface area contributed by atoms with Gasteiger partial charge >= 0.3 is 0 Å². The van der Waals surface area contributed by atoms with Gasteiger partial charge < -0.3 is 0 Å². The summed E-state index contributed by atoms with van der Waals surface area (Å²) in [7, 11) is 0. The first-order valence-corrected chi connectivity index (χ1v) is 4.08. The molecule has 0 aliphatic rings. The van der Waals surface area contributed by atoms with Crippen molar-refractivity contribution in [3.8, 4) is 0 Å². The number of halogens is 2. The van der Waals surface area contributed by atoms with E-state index in [1.165, 1.54) is 12.1 Å². The molecular formula is C10H10F2O. The Hall–Kier alpha value is -1.25. The second kappa shape index (κ2) is 4.12. The predicted molar refractivity (Wildman–Crippen MR) is 45.4 cm³/mol. The van der Waals surface area contributed by atoms with Crippen molar-refractivity contribution >= 4 is 5.78 Å². The van der Waals surface area contributed by atoms with Crippen molar-refractivity contribution in [1.82, 2.24) is 0 Å². The molecule has 0 aliphatic heterocycles. The molecule has 0 radical (unpaired) electrons. The molecule has 0 spiro atoms. The maximum atomic E-state index is 12.6. The van der Waals surface area contributed by atoms with Crippen LogP contribution >= 0.6 is 0 Å². The van der Waals surface area contributed by atoms with Gasteiger partial charge in [0.05, 0.1) is 0 Å². The first-order valence-electron chi connectivity index (χ1n) is 4.08. The van der Waals surface area contributed by atoms with Crippen LogP contribution in [0, 0.1) is 11.6 Å². The van der Waals surface area contributed by atoms with Crippen molar-refractivity contribution in [2.45, 2.75) is 19.8 Å². The number of carbonyl (C=O) groups is 1. The second-order valence-electron chi connectivity index (χ2n) is 2.85. The molecule has 0 unspecified atom stereocenters. The Balaban J connectivity index is 2.83. The van der Waals surface area contributed by atoms with Gasteiger partial charge in [-0.15, -0.1) is 0 Å². The fraction of sp³-hybridized carbons (Fsp3) is 0.300. The number of benzene rings is 1. The molecular weight excluding hydrogens is 174 g/mol. The number of hydrogen-bond donors (Lipinski definition) is 0. The molecule has 70 valence electrons. The summed E-state index contributed by atoms with van der Waals surface area (Å²) in [6.45, 7) is 1.72. The van der Waals surface area contributed by atoms with E-state index in [1.54, 1.807) is 6.92 Å². The van der Waals surface area contributed by atoms with Gasteiger partial charge in [0.2, 0.25) is 0 Å². The van der Waals surface area contributed by atoms with E-state index in [0.717, 1.165) is 6.07 Å². The van der Waals surface area contributed by atoms with Crippen LogP contribution in [-0.2, 0) is 11.2 Å². The zero-order valence-corrected chi connectivity index (χ0v) is 7.31. The van der Waals surface area contributed by atoms with E-state index in [2.05, 4.69) is 0 Å². The Morgan fingerprint density at radius 2 is 1.77 bits per heavy atom. The number of carbonyl (C=O) groups excluding carboxylic acids is 1. The van der Waals surface area contributed by atoms with E-state index >= 15 is 0 Å². The highest BCUT2D eigenvalue weighted by atomic mass is 19.1. The van der Waals surface area contributed by atoms with Crippen LogP contribution in [0.25, 0.3) is 0 Å². The van der Waals surface area contributed by atoms with Crippen molar-refractivity contribution in [3.63, 3.8) is 0 Å². The third kappa shape index (κ3) is 2.93. The Bertz CT molecular complexity index is 300. The van der Waals surface area contributed by atoms with Gasteiger partial charge in [-0.25, -0.2) is 8.78 Å². The number of ketones is 1. The summed E-state index contributed by atoms with van der Waals surface area (Å²) >= 11 is 0. The van der Waals surface area contributed by atoms with Crippen molar-refractivity contribution in [2.75, 3.05) is 0 Å². The van der Waals surface area contributed by atoms with Crippen molar-refractivity contribution in [1.29, 1.82) is 0 Å². The quantitative estimate of drug-likeness (QED) is 0.705. The number of Topliss-reactive ketones (excluding diaryl/α,β-unsaturated/α-hetero) is 1. The Labute approximate surface area is 75.4 Å². The summed E-state index contributed by atoms with van der Waals surface area (Å²) in [4.78, 5) is 11.0. The van der Waals surface area contributed by atoms with Gasteiger partial charge in [-0.3, -0.25) is 4.79 Å². The highest BCUT2D eigenvalue weighted by molar-refractivity contribution is 5.80. The van der Waals surface area contributed by atoms with E-state index in [1.807, 2.05) is 0 Å². The molecule has 0 aromatic heterocycles. The zero-order valence-electron chi connectivity index (χ0n) is 7.31. The predicted octanol–water partition coefficient (Wildman–Crippen LogP) is 2.49. The smallest absolute Gasteiger partial charge is 0.136 e. The average molecular weight is 184 g/mol. The lowest BCUT2D eigenvalue weighted by Crippen LogP contribution is -2.01. The minimum absolute atomic E-state index is 0.0231. The van der Waals surface area contributed by atoms with E-state index in [9.17, 15) is 13.6 Å². The summed E-state index contributed by atoms with van der Waals surface area (Å²) in [6.07, 6.45) is 0.489. The van der Waals surface area contributed by atoms with Gasteiger partial charge in [-0.2, -0.15) is 0 Å². The van der Waals surface area contributed by atoms with E-state index < -0.39 is 11.6 Å². The summed E-state index contributed by atoms with van der Waals surface area (Å²) in [6, 6.07) is 3.15. The normalized spacial score (nSPS) is 10.1. The first-order chi connectivity index (χ1) is 6.11. The SMILES string of the molecule is CCC(=O)Cc1cc(F)cc(F)c1. The summed E-state index contributed by atoms with van der Waals surface area (Å²) in [5.41, 5.74) is 0.393. The van der Waals surface area contributed by atoms with Crippen LogP contribution in [0.2, 0.25) is 0 Å². The van der Waals surface area contributed by atoms with Crippen LogP contribution in [0.4, 0.5) is 8.78 Å². The fourth-order valence-corrected chi connectivity index (χ4v) is 1.07. The van der Waals surface area contributed by atoms with Gasteiger partial charge in [0.25, 0.3) is 0 Å². The molecule has 0 heterocycles. The van der Waals surface area contributed by atoms with Crippen LogP contribution in [0.5, 0.6) is 0 Å². The van der Waals surface area contributed by atoms with Crippen molar-refractivity contribution in [3.05, 3.63) is 35.4 Å². The minimum atomic E-state index is -0.640. The van der Waals surface area contributed by atoms with Gasteiger partial charge in [0.1, 0.15) is 17.4 Å². The highest BCUT2D eigenvalue weighted by Crippen LogP contribution is 2.09. The molecule has 0 amide bonds. The lowest BCUT2D eigenvalue weighted by Gasteiger charge is -1.99. The largest absolute Gasteiger partial charge is 0.299 e. The molecule has 1 aromatic carbocycles. The topological polar surface area (TPSA) is 17.1 Å². The van der Waals surface area contributed by atoms with Crippen molar-refractivity contribution < 1.29 is 13.6 Å². The molecule has 0 fully saturated rings. The van der Waals surface area contributed by atoms with Crippen LogP contribution in [0.15, 0.2) is 18.2 Å². The molecule has 0 saturated carbocycles. The molecule has 3 heteroatoms. The van der Waals surface area contributed by atoms with E-state index in [-0.39, 0.29) is 12.2 Å². The third-order valence-corrected chi connectivity index (χ3v) is 1.72. The molecule has 13 heavy (non-hydrogen) atoms. The molecule has 1 rings (SSSR count). The lowest BCUT2D eigenvalue weighted by atomic mass is 10.1. The summed E-state index contributed by atoms with van der Waals surface area (Å²) in [5, 5.41) is 0. The van der Waals surface area contributed by atoms with E-state index in [4.69, 9.17) is 0 Å². The number of hydrogen-bond acceptors (Lipinski definition) is 1. The van der Waals surface area contributed by atoms with Crippen LogP contribution < -0.4 is 0 Å².